The minimum Gasteiger partial charge on any atom is -0.321 e. The van der Waals surface area contributed by atoms with Crippen LogP contribution >= 0.6 is 0 Å². The van der Waals surface area contributed by atoms with Crippen LogP contribution < -0.4 is 5.32 Å². The van der Waals surface area contributed by atoms with E-state index in [-0.39, 0.29) is 5.91 Å². The van der Waals surface area contributed by atoms with Gasteiger partial charge in [-0.15, -0.1) is 0 Å². The number of carbonyl (C=O) groups is 1. The van der Waals surface area contributed by atoms with E-state index in [1.807, 2.05) is 24.8 Å². The predicted octanol–water partition coefficient (Wildman–Crippen LogP) is 2.95. The molecule has 1 heterocycles. The van der Waals surface area contributed by atoms with Gasteiger partial charge in [-0.1, -0.05) is 24.3 Å². The van der Waals surface area contributed by atoms with E-state index in [2.05, 4.69) is 39.6 Å². The van der Waals surface area contributed by atoms with Crippen molar-refractivity contribution in [1.29, 1.82) is 0 Å². The number of hydrogen-bond acceptors (Lipinski definition) is 3. The van der Waals surface area contributed by atoms with Crippen molar-refractivity contribution in [3.8, 4) is 0 Å². The second kappa shape index (κ2) is 6.33. The molecule has 3 aromatic rings. The lowest BCUT2D eigenvalue weighted by Crippen LogP contribution is -2.18. The van der Waals surface area contributed by atoms with Crippen LogP contribution in [-0.4, -0.2) is 41.2 Å². The Balaban J connectivity index is 1.57. The fourth-order valence-corrected chi connectivity index (χ4v) is 3.46. The molecule has 0 saturated carbocycles. The van der Waals surface area contributed by atoms with E-state index in [1.54, 1.807) is 12.4 Å². The van der Waals surface area contributed by atoms with E-state index in [0.29, 0.717) is 5.56 Å². The van der Waals surface area contributed by atoms with Gasteiger partial charge < -0.3 is 10.2 Å². The summed E-state index contributed by atoms with van der Waals surface area (Å²) in [6.07, 6.45) is 5.61. The lowest BCUT2D eigenvalue weighted by atomic mass is 10.0. The molecular weight excluding hydrogens is 312 g/mol. The van der Waals surface area contributed by atoms with E-state index in [1.165, 1.54) is 16.5 Å². The zero-order valence-corrected chi connectivity index (χ0v) is 14.6. The molecule has 0 atom stereocenters. The van der Waals surface area contributed by atoms with Crippen molar-refractivity contribution >= 4 is 22.4 Å². The van der Waals surface area contributed by atoms with Gasteiger partial charge in [-0.25, -0.2) is 0 Å². The molecule has 1 aliphatic rings. The number of aryl methyl sites for hydroxylation is 2. The zero-order chi connectivity index (χ0) is 17.4. The second-order valence-electron chi connectivity index (χ2n) is 6.86. The highest BCUT2D eigenvalue weighted by atomic mass is 16.1. The quantitative estimate of drug-likeness (QED) is 0.780. The molecule has 1 aliphatic carbocycles. The maximum absolute atomic E-state index is 12.6. The van der Waals surface area contributed by atoms with Crippen molar-refractivity contribution in [2.75, 3.05) is 26.0 Å². The fraction of sp³-hybridized carbons (Fsp3) is 0.300. The van der Waals surface area contributed by atoms with Gasteiger partial charge in [0.2, 0.25) is 0 Å². The third-order valence-corrected chi connectivity index (χ3v) is 4.80. The highest BCUT2D eigenvalue weighted by Gasteiger charge is 2.17. The molecule has 4 rings (SSSR count). The van der Waals surface area contributed by atoms with Crippen LogP contribution in [-0.2, 0) is 19.4 Å². The molecule has 5 heteroatoms. The van der Waals surface area contributed by atoms with Gasteiger partial charge in [0.15, 0.2) is 0 Å². The Morgan fingerprint density at radius 1 is 1.20 bits per heavy atom. The number of amides is 1. The number of aromatic nitrogens is 2. The molecule has 25 heavy (non-hydrogen) atoms. The molecule has 1 aromatic heterocycles. The van der Waals surface area contributed by atoms with Gasteiger partial charge in [0.1, 0.15) is 0 Å². The topological polar surface area (TPSA) is 50.2 Å². The Kier molecular flexibility index (Phi) is 4.01. The molecule has 1 N–H and O–H groups in total. The Bertz CT molecular complexity index is 932. The van der Waals surface area contributed by atoms with Crippen molar-refractivity contribution < 1.29 is 4.79 Å². The van der Waals surface area contributed by atoms with Crippen molar-refractivity contribution in [3.05, 3.63) is 59.4 Å². The summed E-state index contributed by atoms with van der Waals surface area (Å²) in [5, 5.41) is 9.77. The first-order chi connectivity index (χ1) is 12.1. The van der Waals surface area contributed by atoms with Gasteiger partial charge in [0.05, 0.1) is 18.3 Å². The molecule has 0 fully saturated rings. The van der Waals surface area contributed by atoms with Crippen LogP contribution in [0.25, 0.3) is 10.8 Å². The molecule has 2 aromatic carbocycles. The summed E-state index contributed by atoms with van der Waals surface area (Å²) in [6.45, 7) is 1.65. The van der Waals surface area contributed by atoms with Crippen molar-refractivity contribution in [2.24, 2.45) is 0 Å². The molecule has 0 radical (unpaired) electrons. The summed E-state index contributed by atoms with van der Waals surface area (Å²) in [7, 11) is 4.04. The van der Waals surface area contributed by atoms with E-state index >= 15 is 0 Å². The number of hydrogen-bond donors (Lipinski definition) is 1. The lowest BCUT2D eigenvalue weighted by molar-refractivity contribution is 0.102. The summed E-state index contributed by atoms with van der Waals surface area (Å²) < 4.78 is 1.81. The number of rotatable bonds is 5. The van der Waals surface area contributed by atoms with Crippen LogP contribution in [0, 0.1) is 0 Å². The first kappa shape index (κ1) is 15.8. The molecular formula is C20H22N4O. The zero-order valence-electron chi connectivity index (χ0n) is 14.6. The molecule has 0 unspecified atom stereocenters. The third-order valence-electron chi connectivity index (χ3n) is 4.80. The minimum absolute atomic E-state index is 0.116. The van der Waals surface area contributed by atoms with Crippen LogP contribution in [0.4, 0.5) is 5.69 Å². The number of nitrogens with zero attached hydrogens (tertiary/aromatic N) is 3. The molecule has 0 spiro atoms. The van der Waals surface area contributed by atoms with E-state index in [9.17, 15) is 4.79 Å². The lowest BCUT2D eigenvalue weighted by Gasteiger charge is -2.10. The maximum atomic E-state index is 12.6. The molecule has 5 nitrogen and oxygen atoms in total. The van der Waals surface area contributed by atoms with Crippen LogP contribution in [0.3, 0.4) is 0 Å². The number of nitrogens with one attached hydrogen (secondary N) is 1. The predicted molar refractivity (Wildman–Crippen MR) is 100 cm³/mol. The van der Waals surface area contributed by atoms with Crippen molar-refractivity contribution in [1.82, 2.24) is 14.7 Å². The largest absolute Gasteiger partial charge is 0.321 e. The Labute approximate surface area is 147 Å². The monoisotopic (exact) mass is 334 g/mol. The first-order valence-corrected chi connectivity index (χ1v) is 8.64. The SMILES string of the molecule is CN(C)CCn1cc(C(=O)Nc2ccc3c4c(cccc24)CC3)cn1. The maximum Gasteiger partial charge on any atom is 0.258 e. The number of benzene rings is 2. The summed E-state index contributed by atoms with van der Waals surface area (Å²) in [4.78, 5) is 14.7. The van der Waals surface area contributed by atoms with Crippen LogP contribution in [0.15, 0.2) is 42.7 Å². The van der Waals surface area contributed by atoms with Gasteiger partial charge in [-0.3, -0.25) is 9.48 Å². The van der Waals surface area contributed by atoms with Crippen LogP contribution in [0.5, 0.6) is 0 Å². The van der Waals surface area contributed by atoms with Crippen LogP contribution in [0.2, 0.25) is 0 Å². The molecule has 0 bridgehead atoms. The molecule has 128 valence electrons. The standard InChI is InChI=1S/C20H22N4O/c1-23(2)10-11-24-13-16(12-21-24)20(25)22-18-9-8-15-7-6-14-4-3-5-17(18)19(14)15/h3-5,8-9,12-13H,6-7,10-11H2,1-2H3,(H,22,25). The second-order valence-corrected chi connectivity index (χ2v) is 6.86. The molecule has 0 aliphatic heterocycles. The Hall–Kier alpha value is -2.66. The summed E-state index contributed by atoms with van der Waals surface area (Å²) >= 11 is 0. The number of carbonyl (C=O) groups excluding carboxylic acids is 1. The van der Waals surface area contributed by atoms with Gasteiger partial charge in [-0.05, 0) is 49.5 Å². The highest BCUT2D eigenvalue weighted by molar-refractivity contribution is 6.10. The fourth-order valence-electron chi connectivity index (χ4n) is 3.46. The van der Waals surface area contributed by atoms with E-state index in [4.69, 9.17) is 0 Å². The highest BCUT2D eigenvalue weighted by Crippen LogP contribution is 2.35. The van der Waals surface area contributed by atoms with E-state index < -0.39 is 0 Å². The average molecular weight is 334 g/mol. The summed E-state index contributed by atoms with van der Waals surface area (Å²) in [5.74, 6) is -0.116. The molecule has 0 saturated heterocycles. The Morgan fingerprint density at radius 3 is 2.80 bits per heavy atom. The van der Waals surface area contributed by atoms with Gasteiger partial charge >= 0.3 is 0 Å². The first-order valence-electron chi connectivity index (χ1n) is 8.64. The van der Waals surface area contributed by atoms with E-state index in [0.717, 1.165) is 37.0 Å². The van der Waals surface area contributed by atoms with Gasteiger partial charge in [0, 0.05) is 23.8 Å². The minimum atomic E-state index is -0.116. The summed E-state index contributed by atoms with van der Waals surface area (Å²) in [5.41, 5.74) is 4.20. The average Bonchev–Trinajstić information content (AvgIpc) is 3.24. The third kappa shape index (κ3) is 3.03. The summed E-state index contributed by atoms with van der Waals surface area (Å²) in [6, 6.07) is 10.5. The number of anilines is 1. The Morgan fingerprint density at radius 2 is 2.00 bits per heavy atom. The van der Waals surface area contributed by atoms with Crippen molar-refractivity contribution in [2.45, 2.75) is 19.4 Å². The van der Waals surface area contributed by atoms with Gasteiger partial charge in [-0.2, -0.15) is 5.10 Å². The van der Waals surface area contributed by atoms with Crippen LogP contribution in [0.1, 0.15) is 21.5 Å². The van der Waals surface area contributed by atoms with Gasteiger partial charge in [0.25, 0.3) is 5.91 Å². The molecule has 1 amide bonds. The smallest absolute Gasteiger partial charge is 0.258 e. The normalized spacial score (nSPS) is 12.9. The van der Waals surface area contributed by atoms with Crippen molar-refractivity contribution in [3.63, 3.8) is 0 Å². The number of likely N-dealkylation sites (N-methyl/N-ethyl adjacent to an activating group) is 1.